The summed E-state index contributed by atoms with van der Waals surface area (Å²) in [6, 6.07) is 6.86. The lowest BCUT2D eigenvalue weighted by molar-refractivity contribution is -0.174. The maximum absolute atomic E-state index is 12.6. The van der Waals surface area contributed by atoms with Crippen LogP contribution in [0.4, 0.5) is 18.3 Å². The smallest absolute Gasteiger partial charge is 0.341 e. The van der Waals surface area contributed by atoms with Crippen LogP contribution in [0, 0.1) is 0 Å². The first-order chi connectivity index (χ1) is 12.2. The van der Waals surface area contributed by atoms with Crippen molar-refractivity contribution in [3.8, 4) is 0 Å². The molecule has 0 aliphatic carbocycles. The van der Waals surface area contributed by atoms with Crippen LogP contribution in [0.25, 0.3) is 0 Å². The molecule has 1 atom stereocenters. The fraction of sp³-hybridized carbons (Fsp3) is 0.375. The van der Waals surface area contributed by atoms with Crippen molar-refractivity contribution < 1.29 is 22.8 Å². The minimum absolute atomic E-state index is 0.140. The number of halogens is 3. The van der Waals surface area contributed by atoms with E-state index < -0.39 is 24.0 Å². The van der Waals surface area contributed by atoms with Crippen LogP contribution in [-0.4, -0.2) is 28.2 Å². The van der Waals surface area contributed by atoms with Gasteiger partial charge in [0.15, 0.2) is 0 Å². The highest BCUT2D eigenvalue weighted by molar-refractivity contribution is 7.15. The van der Waals surface area contributed by atoms with Gasteiger partial charge in [-0.25, -0.2) is 0 Å². The van der Waals surface area contributed by atoms with Gasteiger partial charge in [-0.1, -0.05) is 55.5 Å². The highest BCUT2D eigenvalue weighted by Gasteiger charge is 2.40. The molecule has 2 N–H and O–H groups in total. The van der Waals surface area contributed by atoms with Gasteiger partial charge in [0, 0.05) is 5.92 Å². The molecule has 0 saturated carbocycles. The van der Waals surface area contributed by atoms with Crippen molar-refractivity contribution in [1.29, 1.82) is 0 Å². The highest BCUT2D eigenvalue weighted by Crippen LogP contribution is 2.24. The monoisotopic (exact) mass is 386 g/mol. The van der Waals surface area contributed by atoms with Gasteiger partial charge in [0.25, 0.3) is 0 Å². The summed E-state index contributed by atoms with van der Waals surface area (Å²) in [5.74, 6) is -2.54. The van der Waals surface area contributed by atoms with E-state index in [1.807, 2.05) is 19.2 Å². The van der Waals surface area contributed by atoms with Gasteiger partial charge in [-0.3, -0.25) is 9.59 Å². The second-order valence-corrected chi connectivity index (χ2v) is 6.80. The number of rotatable bonds is 6. The van der Waals surface area contributed by atoms with E-state index in [4.69, 9.17) is 0 Å². The lowest BCUT2D eigenvalue weighted by atomic mass is 10.0. The number of alkyl halides is 3. The van der Waals surface area contributed by atoms with Gasteiger partial charge < -0.3 is 10.6 Å². The molecule has 0 aliphatic heterocycles. The number of carbonyl (C=O) groups is 2. The third kappa shape index (κ3) is 5.51. The van der Waals surface area contributed by atoms with Gasteiger partial charge >= 0.3 is 12.1 Å². The Morgan fingerprint density at radius 3 is 2.35 bits per heavy atom. The maximum atomic E-state index is 12.6. The molecule has 1 unspecified atom stereocenters. The van der Waals surface area contributed by atoms with Gasteiger partial charge in [0.05, 0.1) is 12.5 Å². The van der Waals surface area contributed by atoms with E-state index in [1.165, 1.54) is 23.5 Å². The van der Waals surface area contributed by atoms with E-state index in [0.717, 1.165) is 5.01 Å². The number of aromatic nitrogens is 2. The second kappa shape index (κ2) is 8.26. The first-order valence-electron chi connectivity index (χ1n) is 7.72. The summed E-state index contributed by atoms with van der Waals surface area (Å²) >= 11 is 1.19. The SMILES string of the molecule is CC(C)c1nnc(NC(=O)CC(NC(=O)C(F)(F)F)c2ccccc2)s1. The summed E-state index contributed by atoms with van der Waals surface area (Å²) in [5.41, 5.74) is 0.389. The first-order valence-corrected chi connectivity index (χ1v) is 8.54. The van der Waals surface area contributed by atoms with Gasteiger partial charge in [-0.15, -0.1) is 10.2 Å². The van der Waals surface area contributed by atoms with Crippen LogP contribution in [0.2, 0.25) is 0 Å². The Morgan fingerprint density at radius 1 is 1.15 bits per heavy atom. The van der Waals surface area contributed by atoms with Crippen molar-refractivity contribution in [3.05, 3.63) is 40.9 Å². The van der Waals surface area contributed by atoms with Crippen LogP contribution >= 0.6 is 11.3 Å². The average Bonchev–Trinajstić information content (AvgIpc) is 3.02. The number of nitrogens with zero attached hydrogens (tertiary/aromatic N) is 2. The Kier molecular flexibility index (Phi) is 6.30. The molecule has 1 aromatic carbocycles. The lowest BCUT2D eigenvalue weighted by Crippen LogP contribution is -2.40. The Balaban J connectivity index is 2.10. The Labute approximate surface area is 151 Å². The van der Waals surface area contributed by atoms with E-state index in [1.54, 1.807) is 18.2 Å². The summed E-state index contributed by atoms with van der Waals surface area (Å²) in [4.78, 5) is 23.5. The normalized spacial score (nSPS) is 12.7. The Morgan fingerprint density at radius 2 is 1.81 bits per heavy atom. The molecule has 0 radical (unpaired) electrons. The predicted molar refractivity (Wildman–Crippen MR) is 90.6 cm³/mol. The van der Waals surface area contributed by atoms with Gasteiger partial charge in [0.2, 0.25) is 11.0 Å². The third-order valence-electron chi connectivity index (χ3n) is 3.34. The molecule has 0 aliphatic rings. The van der Waals surface area contributed by atoms with Crippen LogP contribution in [-0.2, 0) is 9.59 Å². The molecule has 140 valence electrons. The molecular weight excluding hydrogens is 369 g/mol. The molecule has 1 aromatic heterocycles. The molecule has 0 bridgehead atoms. The minimum Gasteiger partial charge on any atom is -0.341 e. The number of amides is 2. The van der Waals surface area contributed by atoms with Gasteiger partial charge in [-0.2, -0.15) is 13.2 Å². The van der Waals surface area contributed by atoms with E-state index >= 15 is 0 Å². The van der Waals surface area contributed by atoms with Crippen LogP contribution in [0.3, 0.4) is 0 Å². The highest BCUT2D eigenvalue weighted by atomic mass is 32.1. The maximum Gasteiger partial charge on any atom is 0.471 e. The Bertz CT molecular complexity index is 762. The average molecular weight is 386 g/mol. The van der Waals surface area contributed by atoms with Gasteiger partial charge in [-0.05, 0) is 5.56 Å². The summed E-state index contributed by atoms with van der Waals surface area (Å²) in [7, 11) is 0. The summed E-state index contributed by atoms with van der Waals surface area (Å²) in [5, 5.41) is 13.1. The number of benzene rings is 1. The number of nitrogens with one attached hydrogen (secondary N) is 2. The summed E-state index contributed by atoms with van der Waals surface area (Å²) in [6.07, 6.45) is -5.41. The fourth-order valence-electron chi connectivity index (χ4n) is 2.05. The topological polar surface area (TPSA) is 84.0 Å². The number of carbonyl (C=O) groups excluding carboxylic acids is 2. The molecule has 2 amide bonds. The molecule has 6 nitrogen and oxygen atoms in total. The van der Waals surface area contributed by atoms with Crippen LogP contribution in [0.5, 0.6) is 0 Å². The molecular formula is C16H17F3N4O2S. The van der Waals surface area contributed by atoms with Crippen molar-refractivity contribution >= 4 is 28.3 Å². The molecule has 0 spiro atoms. The van der Waals surface area contributed by atoms with Crippen LogP contribution < -0.4 is 10.6 Å². The summed E-state index contributed by atoms with van der Waals surface area (Å²) < 4.78 is 37.7. The zero-order valence-electron chi connectivity index (χ0n) is 14.0. The number of hydrogen-bond donors (Lipinski definition) is 2. The lowest BCUT2D eigenvalue weighted by Gasteiger charge is -2.19. The van der Waals surface area contributed by atoms with Crippen LogP contribution in [0.1, 0.15) is 42.8 Å². The fourth-order valence-corrected chi connectivity index (χ4v) is 2.81. The van der Waals surface area contributed by atoms with Gasteiger partial charge in [0.1, 0.15) is 5.01 Å². The quantitative estimate of drug-likeness (QED) is 0.797. The number of hydrogen-bond acceptors (Lipinski definition) is 5. The second-order valence-electron chi connectivity index (χ2n) is 5.79. The third-order valence-corrected chi connectivity index (χ3v) is 4.47. The molecule has 0 fully saturated rings. The molecule has 0 saturated heterocycles. The molecule has 26 heavy (non-hydrogen) atoms. The zero-order chi connectivity index (χ0) is 19.3. The molecule has 2 rings (SSSR count). The minimum atomic E-state index is -5.03. The first kappa shape index (κ1) is 19.8. The summed E-state index contributed by atoms with van der Waals surface area (Å²) in [6.45, 7) is 3.84. The largest absolute Gasteiger partial charge is 0.471 e. The van der Waals surface area contributed by atoms with E-state index in [9.17, 15) is 22.8 Å². The standard InChI is InChI=1S/C16H17F3N4O2S/c1-9(2)13-22-23-15(26-13)21-12(24)8-11(10-6-4-3-5-7-10)20-14(25)16(17,18)19/h3-7,9,11H,8H2,1-2H3,(H,20,25)(H,21,23,24). The Hall–Kier alpha value is -2.49. The zero-order valence-corrected chi connectivity index (χ0v) is 14.8. The van der Waals surface area contributed by atoms with Crippen molar-refractivity contribution in [1.82, 2.24) is 15.5 Å². The molecule has 2 aromatic rings. The van der Waals surface area contributed by atoms with Crippen molar-refractivity contribution in [3.63, 3.8) is 0 Å². The number of anilines is 1. The van der Waals surface area contributed by atoms with E-state index in [2.05, 4.69) is 15.5 Å². The van der Waals surface area contributed by atoms with E-state index in [-0.39, 0.29) is 17.5 Å². The predicted octanol–water partition coefficient (Wildman–Crippen LogP) is 3.41. The van der Waals surface area contributed by atoms with Crippen molar-refractivity contribution in [2.24, 2.45) is 0 Å². The van der Waals surface area contributed by atoms with Crippen molar-refractivity contribution in [2.45, 2.75) is 38.4 Å². The molecule has 10 heteroatoms. The van der Waals surface area contributed by atoms with E-state index in [0.29, 0.717) is 5.56 Å². The van der Waals surface area contributed by atoms with Crippen LogP contribution in [0.15, 0.2) is 30.3 Å². The molecule has 1 heterocycles. The van der Waals surface area contributed by atoms with Crippen molar-refractivity contribution in [2.75, 3.05) is 5.32 Å².